The van der Waals surface area contributed by atoms with Crippen molar-refractivity contribution in [3.8, 4) is 5.82 Å². The summed E-state index contributed by atoms with van der Waals surface area (Å²) in [5.74, 6) is -0.0945. The lowest BCUT2D eigenvalue weighted by Gasteiger charge is -2.10. The average molecular weight is 409 g/mol. The Kier molecular flexibility index (Phi) is 5.42. The molecule has 1 aromatic carbocycles. The summed E-state index contributed by atoms with van der Waals surface area (Å²) >= 11 is 6.10. The number of halogens is 4. The van der Waals surface area contributed by atoms with Gasteiger partial charge in [-0.3, -0.25) is 4.79 Å². The van der Waals surface area contributed by atoms with Gasteiger partial charge in [-0.25, -0.2) is 9.67 Å². The van der Waals surface area contributed by atoms with Crippen molar-refractivity contribution in [3.05, 3.63) is 75.7 Å². The number of alkyl halides is 3. The van der Waals surface area contributed by atoms with E-state index in [1.54, 1.807) is 16.8 Å². The molecule has 0 atom stereocenters. The van der Waals surface area contributed by atoms with E-state index in [4.69, 9.17) is 11.6 Å². The van der Waals surface area contributed by atoms with Crippen LogP contribution in [0.5, 0.6) is 0 Å². The predicted molar refractivity (Wildman–Crippen MR) is 98.5 cm³/mol. The highest BCUT2D eigenvalue weighted by atomic mass is 35.5. The van der Waals surface area contributed by atoms with Gasteiger partial charge in [0.2, 0.25) is 0 Å². The lowest BCUT2D eigenvalue weighted by molar-refractivity contribution is -0.137. The SMILES string of the molecule is Cc1cc(C)n(-c2ccc(Cl)c(C(=O)NCc3ccc(C(F)(F)F)cc3)n2)n1. The minimum absolute atomic E-state index is 0.0126. The van der Waals surface area contributed by atoms with Gasteiger partial charge in [-0.05, 0) is 49.7 Å². The van der Waals surface area contributed by atoms with E-state index in [1.807, 2.05) is 19.9 Å². The molecule has 3 rings (SSSR count). The van der Waals surface area contributed by atoms with Gasteiger partial charge in [-0.15, -0.1) is 0 Å². The number of pyridine rings is 1. The first-order valence-electron chi connectivity index (χ1n) is 8.29. The van der Waals surface area contributed by atoms with Crippen LogP contribution in [-0.4, -0.2) is 20.7 Å². The van der Waals surface area contributed by atoms with Crippen molar-refractivity contribution in [2.45, 2.75) is 26.6 Å². The zero-order valence-electron chi connectivity index (χ0n) is 15.0. The fourth-order valence-electron chi connectivity index (χ4n) is 2.65. The van der Waals surface area contributed by atoms with E-state index in [-0.39, 0.29) is 17.3 Å². The first-order chi connectivity index (χ1) is 13.1. The van der Waals surface area contributed by atoms with E-state index in [1.165, 1.54) is 12.1 Å². The molecule has 0 fully saturated rings. The number of aryl methyl sites for hydroxylation is 2. The largest absolute Gasteiger partial charge is 0.416 e. The molecule has 0 saturated heterocycles. The van der Waals surface area contributed by atoms with Crippen LogP contribution in [0.2, 0.25) is 5.02 Å². The maximum absolute atomic E-state index is 12.6. The van der Waals surface area contributed by atoms with Crippen molar-refractivity contribution < 1.29 is 18.0 Å². The molecular weight excluding hydrogens is 393 g/mol. The van der Waals surface area contributed by atoms with Crippen LogP contribution in [0.3, 0.4) is 0 Å². The second kappa shape index (κ2) is 7.63. The van der Waals surface area contributed by atoms with Crippen molar-refractivity contribution in [1.82, 2.24) is 20.1 Å². The first kappa shape index (κ1) is 19.9. The number of carbonyl (C=O) groups excluding carboxylic acids is 1. The van der Waals surface area contributed by atoms with E-state index >= 15 is 0 Å². The summed E-state index contributed by atoms with van der Waals surface area (Å²) in [5.41, 5.74) is 1.45. The van der Waals surface area contributed by atoms with Gasteiger partial charge in [0.15, 0.2) is 5.82 Å². The Bertz CT molecular complexity index is 1010. The molecule has 2 aromatic heterocycles. The van der Waals surface area contributed by atoms with Gasteiger partial charge in [0.05, 0.1) is 16.3 Å². The molecule has 9 heteroatoms. The number of nitrogens with one attached hydrogen (secondary N) is 1. The van der Waals surface area contributed by atoms with Crippen LogP contribution in [0, 0.1) is 13.8 Å². The molecule has 0 aliphatic carbocycles. The Morgan fingerprint density at radius 1 is 1.14 bits per heavy atom. The van der Waals surface area contributed by atoms with Crippen LogP contribution in [0.4, 0.5) is 13.2 Å². The van der Waals surface area contributed by atoms with Crippen LogP contribution in [0.25, 0.3) is 5.82 Å². The van der Waals surface area contributed by atoms with E-state index in [9.17, 15) is 18.0 Å². The third kappa shape index (κ3) is 4.33. The van der Waals surface area contributed by atoms with Gasteiger partial charge in [0, 0.05) is 12.2 Å². The summed E-state index contributed by atoms with van der Waals surface area (Å²) in [6.45, 7) is 3.75. The van der Waals surface area contributed by atoms with Gasteiger partial charge in [0.25, 0.3) is 5.91 Å². The fourth-order valence-corrected chi connectivity index (χ4v) is 2.84. The Morgan fingerprint density at radius 2 is 1.82 bits per heavy atom. The molecule has 0 saturated carbocycles. The lowest BCUT2D eigenvalue weighted by Crippen LogP contribution is -2.24. The summed E-state index contributed by atoms with van der Waals surface area (Å²) in [4.78, 5) is 16.8. The maximum atomic E-state index is 12.6. The molecule has 0 spiro atoms. The second-order valence-electron chi connectivity index (χ2n) is 6.22. The Morgan fingerprint density at radius 3 is 2.39 bits per heavy atom. The molecule has 146 valence electrons. The maximum Gasteiger partial charge on any atom is 0.416 e. The van der Waals surface area contributed by atoms with Gasteiger partial charge in [-0.1, -0.05) is 23.7 Å². The summed E-state index contributed by atoms with van der Waals surface area (Å²) in [5, 5.41) is 7.10. The molecule has 3 aromatic rings. The van der Waals surface area contributed by atoms with Gasteiger partial charge < -0.3 is 5.32 Å². The Balaban J connectivity index is 1.75. The van der Waals surface area contributed by atoms with Crippen LogP contribution in [0.1, 0.15) is 33.0 Å². The highest BCUT2D eigenvalue weighted by molar-refractivity contribution is 6.33. The molecule has 5 nitrogen and oxygen atoms in total. The number of hydrogen-bond acceptors (Lipinski definition) is 3. The van der Waals surface area contributed by atoms with E-state index in [2.05, 4.69) is 15.4 Å². The molecule has 1 amide bonds. The number of rotatable bonds is 4. The standard InChI is InChI=1S/C19H16ClF3N4O/c1-11-9-12(2)27(26-11)16-8-7-15(20)17(25-16)18(28)24-10-13-3-5-14(6-4-13)19(21,22)23/h3-9H,10H2,1-2H3,(H,24,28). The number of benzene rings is 1. The van der Waals surface area contributed by atoms with Gasteiger partial charge in [-0.2, -0.15) is 18.3 Å². The predicted octanol–water partition coefficient (Wildman–Crippen LogP) is 4.49. The molecule has 0 aliphatic heterocycles. The van der Waals surface area contributed by atoms with Crippen LogP contribution < -0.4 is 5.32 Å². The van der Waals surface area contributed by atoms with Gasteiger partial charge >= 0.3 is 6.18 Å². The molecule has 28 heavy (non-hydrogen) atoms. The molecule has 0 radical (unpaired) electrons. The number of nitrogens with zero attached hydrogens (tertiary/aromatic N) is 3. The van der Waals surface area contributed by atoms with Crippen molar-refractivity contribution >= 4 is 17.5 Å². The first-order valence-corrected chi connectivity index (χ1v) is 8.67. The molecule has 0 aliphatic rings. The zero-order chi connectivity index (χ0) is 20.5. The monoisotopic (exact) mass is 408 g/mol. The van der Waals surface area contributed by atoms with Crippen molar-refractivity contribution in [2.24, 2.45) is 0 Å². The smallest absolute Gasteiger partial charge is 0.347 e. The van der Waals surface area contributed by atoms with E-state index in [0.717, 1.165) is 23.5 Å². The number of amides is 1. The number of aromatic nitrogens is 3. The summed E-state index contributed by atoms with van der Waals surface area (Å²) in [6.07, 6.45) is -4.40. The van der Waals surface area contributed by atoms with Crippen molar-refractivity contribution in [1.29, 1.82) is 0 Å². The van der Waals surface area contributed by atoms with Crippen LogP contribution in [0.15, 0.2) is 42.5 Å². The van der Waals surface area contributed by atoms with E-state index in [0.29, 0.717) is 11.4 Å². The summed E-state index contributed by atoms with van der Waals surface area (Å²) in [7, 11) is 0. The van der Waals surface area contributed by atoms with Crippen LogP contribution >= 0.6 is 11.6 Å². The highest BCUT2D eigenvalue weighted by Gasteiger charge is 2.29. The van der Waals surface area contributed by atoms with E-state index < -0.39 is 17.6 Å². The van der Waals surface area contributed by atoms with Crippen molar-refractivity contribution in [2.75, 3.05) is 0 Å². The minimum Gasteiger partial charge on any atom is -0.347 e. The summed E-state index contributed by atoms with van der Waals surface area (Å²) in [6, 6.07) is 9.63. The third-order valence-electron chi connectivity index (χ3n) is 4.01. The number of carbonyl (C=O) groups is 1. The molecule has 1 N–H and O–H groups in total. The Labute approximate surface area is 164 Å². The molecule has 2 heterocycles. The lowest BCUT2D eigenvalue weighted by atomic mass is 10.1. The molecular formula is C19H16ClF3N4O. The fraction of sp³-hybridized carbons (Fsp3) is 0.211. The third-order valence-corrected chi connectivity index (χ3v) is 4.31. The summed E-state index contributed by atoms with van der Waals surface area (Å²) < 4.78 is 39.4. The molecule has 0 unspecified atom stereocenters. The zero-order valence-corrected chi connectivity index (χ0v) is 15.8. The quantitative estimate of drug-likeness (QED) is 0.692. The number of hydrogen-bond donors (Lipinski definition) is 1. The Hall–Kier alpha value is -2.87. The molecule has 0 bridgehead atoms. The van der Waals surface area contributed by atoms with Gasteiger partial charge in [0.1, 0.15) is 5.69 Å². The van der Waals surface area contributed by atoms with Crippen molar-refractivity contribution in [3.63, 3.8) is 0 Å². The van der Waals surface area contributed by atoms with Crippen LogP contribution in [-0.2, 0) is 12.7 Å². The average Bonchev–Trinajstić information content (AvgIpc) is 2.98. The highest BCUT2D eigenvalue weighted by Crippen LogP contribution is 2.29. The minimum atomic E-state index is -4.40. The normalized spacial score (nSPS) is 11.5. The topological polar surface area (TPSA) is 59.8 Å². The second-order valence-corrected chi connectivity index (χ2v) is 6.62.